The third-order valence-corrected chi connectivity index (χ3v) is 2.65. The second kappa shape index (κ2) is 7.28. The Balaban J connectivity index is 2.54. The summed E-state index contributed by atoms with van der Waals surface area (Å²) in [6.45, 7) is 2.80. The van der Waals surface area contributed by atoms with Gasteiger partial charge in [-0.1, -0.05) is 19.1 Å². The van der Waals surface area contributed by atoms with Crippen LogP contribution in [0.15, 0.2) is 24.3 Å². The number of amides is 1. The van der Waals surface area contributed by atoms with Crippen molar-refractivity contribution >= 4 is 17.7 Å². The van der Waals surface area contributed by atoms with Crippen molar-refractivity contribution in [1.82, 2.24) is 5.32 Å². The van der Waals surface area contributed by atoms with Gasteiger partial charge in [0.1, 0.15) is 11.8 Å². The molecule has 1 amide bonds. The molecule has 1 atom stereocenters. The number of hydrogen-bond acceptors (Lipinski definition) is 4. The third-order valence-electron chi connectivity index (χ3n) is 2.65. The molecule has 20 heavy (non-hydrogen) atoms. The Bertz CT molecular complexity index is 512. The van der Waals surface area contributed by atoms with Crippen LogP contribution < -0.4 is 10.1 Å². The Hall–Kier alpha value is -2.37. The van der Waals surface area contributed by atoms with E-state index in [2.05, 4.69) is 5.32 Å². The number of benzene rings is 1. The standard InChI is InChI=1S/C14H17NO5/c1-3-12(14(18)19)15-13(17)8-20-11-6-4-5-10(7-11)9(2)16/h4-7,12H,3,8H2,1-2H3,(H,15,17)(H,18,19). The van der Waals surface area contributed by atoms with Crippen molar-refractivity contribution in [2.24, 2.45) is 0 Å². The van der Waals surface area contributed by atoms with Crippen LogP contribution in [0.4, 0.5) is 0 Å². The first-order valence-corrected chi connectivity index (χ1v) is 6.20. The van der Waals surface area contributed by atoms with Crippen molar-refractivity contribution < 1.29 is 24.2 Å². The number of carbonyl (C=O) groups is 3. The Labute approximate surface area is 116 Å². The van der Waals surface area contributed by atoms with Crippen LogP contribution in [0.25, 0.3) is 0 Å². The van der Waals surface area contributed by atoms with E-state index in [1.165, 1.54) is 13.0 Å². The molecular weight excluding hydrogens is 262 g/mol. The van der Waals surface area contributed by atoms with Gasteiger partial charge in [-0.25, -0.2) is 4.79 Å². The van der Waals surface area contributed by atoms with Gasteiger partial charge in [-0.15, -0.1) is 0 Å². The van der Waals surface area contributed by atoms with Crippen LogP contribution >= 0.6 is 0 Å². The highest BCUT2D eigenvalue weighted by molar-refractivity contribution is 5.94. The topological polar surface area (TPSA) is 92.7 Å². The lowest BCUT2D eigenvalue weighted by Crippen LogP contribution is -2.42. The second-order valence-corrected chi connectivity index (χ2v) is 4.24. The Morgan fingerprint density at radius 1 is 1.35 bits per heavy atom. The number of carboxylic acid groups (broad SMARTS) is 1. The first kappa shape index (κ1) is 15.7. The number of rotatable bonds is 7. The Morgan fingerprint density at radius 2 is 2.05 bits per heavy atom. The summed E-state index contributed by atoms with van der Waals surface area (Å²) in [7, 11) is 0. The van der Waals surface area contributed by atoms with Gasteiger partial charge < -0.3 is 15.2 Å². The molecule has 1 rings (SSSR count). The minimum atomic E-state index is -1.08. The summed E-state index contributed by atoms with van der Waals surface area (Å²) >= 11 is 0. The van der Waals surface area contributed by atoms with Crippen LogP contribution in [0.1, 0.15) is 30.6 Å². The Kier molecular flexibility index (Phi) is 5.71. The summed E-state index contributed by atoms with van der Waals surface area (Å²) < 4.78 is 5.23. The van der Waals surface area contributed by atoms with E-state index >= 15 is 0 Å². The summed E-state index contributed by atoms with van der Waals surface area (Å²) in [6.07, 6.45) is 0.293. The van der Waals surface area contributed by atoms with Crippen LogP contribution in [0.3, 0.4) is 0 Å². The zero-order valence-electron chi connectivity index (χ0n) is 11.4. The van der Waals surface area contributed by atoms with Crippen molar-refractivity contribution in [2.75, 3.05) is 6.61 Å². The molecule has 1 aromatic carbocycles. The number of Topliss-reactive ketones (excluding diaryl/α,β-unsaturated/α-hetero) is 1. The van der Waals surface area contributed by atoms with E-state index in [0.29, 0.717) is 17.7 Å². The van der Waals surface area contributed by atoms with E-state index in [-0.39, 0.29) is 12.4 Å². The molecule has 1 aromatic rings. The van der Waals surface area contributed by atoms with Gasteiger partial charge >= 0.3 is 5.97 Å². The molecule has 0 aliphatic carbocycles. The minimum absolute atomic E-state index is 0.100. The molecule has 6 heteroatoms. The molecule has 6 nitrogen and oxygen atoms in total. The molecule has 108 valence electrons. The zero-order chi connectivity index (χ0) is 15.1. The smallest absolute Gasteiger partial charge is 0.326 e. The molecule has 2 N–H and O–H groups in total. The first-order valence-electron chi connectivity index (χ1n) is 6.20. The highest BCUT2D eigenvalue weighted by atomic mass is 16.5. The number of aliphatic carboxylic acids is 1. The predicted octanol–water partition coefficient (Wildman–Crippen LogP) is 1.25. The lowest BCUT2D eigenvalue weighted by molar-refractivity contribution is -0.142. The van der Waals surface area contributed by atoms with Crippen LogP contribution in [0.2, 0.25) is 0 Å². The molecule has 0 aliphatic heterocycles. The van der Waals surface area contributed by atoms with Crippen molar-refractivity contribution in [3.8, 4) is 5.75 Å². The largest absolute Gasteiger partial charge is 0.484 e. The van der Waals surface area contributed by atoms with Gasteiger partial charge in [-0.05, 0) is 25.5 Å². The van der Waals surface area contributed by atoms with E-state index in [9.17, 15) is 14.4 Å². The van der Waals surface area contributed by atoms with Crippen LogP contribution in [0, 0.1) is 0 Å². The highest BCUT2D eigenvalue weighted by Gasteiger charge is 2.17. The minimum Gasteiger partial charge on any atom is -0.484 e. The molecule has 0 spiro atoms. The molecular formula is C14H17NO5. The van der Waals surface area contributed by atoms with Crippen molar-refractivity contribution in [1.29, 1.82) is 0 Å². The molecule has 0 radical (unpaired) electrons. The van der Waals surface area contributed by atoms with E-state index in [4.69, 9.17) is 9.84 Å². The lowest BCUT2D eigenvalue weighted by atomic mass is 10.1. The van der Waals surface area contributed by atoms with E-state index in [1.54, 1.807) is 25.1 Å². The molecule has 0 heterocycles. The molecule has 0 saturated carbocycles. The fourth-order valence-electron chi connectivity index (χ4n) is 1.53. The zero-order valence-corrected chi connectivity index (χ0v) is 11.4. The maximum atomic E-state index is 11.5. The summed E-state index contributed by atoms with van der Waals surface area (Å²) in [5.74, 6) is -1.32. The summed E-state index contributed by atoms with van der Waals surface area (Å²) in [5, 5.41) is 11.2. The number of nitrogens with one attached hydrogen (secondary N) is 1. The molecule has 0 aliphatic rings. The fourth-order valence-corrected chi connectivity index (χ4v) is 1.53. The summed E-state index contributed by atoms with van der Waals surface area (Å²) in [4.78, 5) is 33.5. The van der Waals surface area contributed by atoms with Gasteiger partial charge in [-0.3, -0.25) is 9.59 Å². The maximum absolute atomic E-state index is 11.5. The molecule has 0 bridgehead atoms. The van der Waals surface area contributed by atoms with Gasteiger partial charge in [0.25, 0.3) is 5.91 Å². The van der Waals surface area contributed by atoms with Crippen molar-refractivity contribution in [2.45, 2.75) is 26.3 Å². The van der Waals surface area contributed by atoms with Crippen molar-refractivity contribution in [3.63, 3.8) is 0 Å². The van der Waals surface area contributed by atoms with E-state index in [0.717, 1.165) is 0 Å². The predicted molar refractivity (Wildman–Crippen MR) is 71.8 cm³/mol. The van der Waals surface area contributed by atoms with Gasteiger partial charge in [0.2, 0.25) is 0 Å². The maximum Gasteiger partial charge on any atom is 0.326 e. The van der Waals surface area contributed by atoms with Gasteiger partial charge in [-0.2, -0.15) is 0 Å². The monoisotopic (exact) mass is 279 g/mol. The van der Waals surface area contributed by atoms with Gasteiger partial charge in [0.05, 0.1) is 0 Å². The summed E-state index contributed by atoms with van der Waals surface area (Å²) in [6, 6.07) is 5.52. The third kappa shape index (κ3) is 4.72. The van der Waals surface area contributed by atoms with E-state index < -0.39 is 17.9 Å². The molecule has 0 fully saturated rings. The fraction of sp³-hybridized carbons (Fsp3) is 0.357. The SMILES string of the molecule is CCC(NC(=O)COc1cccc(C(C)=O)c1)C(=O)O. The number of carbonyl (C=O) groups excluding carboxylic acids is 2. The lowest BCUT2D eigenvalue weighted by Gasteiger charge is -2.12. The average molecular weight is 279 g/mol. The molecule has 0 saturated heterocycles. The van der Waals surface area contributed by atoms with Crippen LogP contribution in [-0.4, -0.2) is 35.4 Å². The second-order valence-electron chi connectivity index (χ2n) is 4.24. The number of ether oxygens (including phenoxy) is 1. The number of ketones is 1. The first-order chi connectivity index (χ1) is 9.43. The molecule has 1 unspecified atom stereocenters. The number of hydrogen-bond donors (Lipinski definition) is 2. The quantitative estimate of drug-likeness (QED) is 0.733. The number of carboxylic acids is 1. The summed E-state index contributed by atoms with van der Waals surface area (Å²) in [5.41, 5.74) is 0.486. The van der Waals surface area contributed by atoms with Crippen LogP contribution in [0.5, 0.6) is 5.75 Å². The van der Waals surface area contributed by atoms with Crippen molar-refractivity contribution in [3.05, 3.63) is 29.8 Å². The van der Waals surface area contributed by atoms with Gasteiger partial charge in [0.15, 0.2) is 12.4 Å². The van der Waals surface area contributed by atoms with E-state index in [1.807, 2.05) is 0 Å². The van der Waals surface area contributed by atoms with Crippen LogP contribution in [-0.2, 0) is 9.59 Å². The normalized spacial score (nSPS) is 11.5. The highest BCUT2D eigenvalue weighted by Crippen LogP contribution is 2.13. The van der Waals surface area contributed by atoms with Gasteiger partial charge in [0, 0.05) is 5.56 Å². The average Bonchev–Trinajstić information content (AvgIpc) is 2.42. The molecule has 0 aromatic heterocycles. The Morgan fingerprint density at radius 3 is 2.60 bits per heavy atom.